The van der Waals surface area contributed by atoms with Crippen molar-refractivity contribution in [1.82, 2.24) is 4.98 Å². The number of hydrogen-bond acceptors (Lipinski definition) is 3. The number of alkyl halides is 3. The molecule has 2 rings (SSSR count). The molecule has 1 N–H and O–H groups in total. The molecule has 1 aromatic heterocycles. The summed E-state index contributed by atoms with van der Waals surface area (Å²) in [7, 11) is 0. The van der Waals surface area contributed by atoms with E-state index in [4.69, 9.17) is 0 Å². The number of para-hydroxylation sites is 1. The highest BCUT2D eigenvalue weighted by Gasteiger charge is 2.25. The maximum absolute atomic E-state index is 11.9. The van der Waals surface area contributed by atoms with Crippen LogP contribution in [0.2, 0.25) is 0 Å². The number of nitrogens with one attached hydrogen (secondary N) is 1. The van der Waals surface area contributed by atoms with E-state index in [-0.39, 0.29) is 6.42 Å². The Morgan fingerprint density at radius 1 is 1.17 bits per heavy atom. The van der Waals surface area contributed by atoms with Gasteiger partial charge < -0.3 is 5.32 Å². The molecular formula is C12H13F3N2S. The molecule has 0 aliphatic rings. The predicted molar refractivity (Wildman–Crippen MR) is 68.0 cm³/mol. The van der Waals surface area contributed by atoms with Crippen LogP contribution in [0.3, 0.4) is 0 Å². The van der Waals surface area contributed by atoms with Crippen molar-refractivity contribution < 1.29 is 13.2 Å². The predicted octanol–water partition coefficient (Wildman–Crippen LogP) is 4.44. The summed E-state index contributed by atoms with van der Waals surface area (Å²) < 4.78 is 36.8. The molecule has 0 saturated carbocycles. The van der Waals surface area contributed by atoms with E-state index in [0.29, 0.717) is 13.0 Å². The van der Waals surface area contributed by atoms with Crippen molar-refractivity contribution in [3.05, 3.63) is 24.3 Å². The first-order valence-corrected chi connectivity index (χ1v) is 6.52. The number of nitrogens with zero attached hydrogens (tertiary/aromatic N) is 1. The maximum atomic E-state index is 11.9. The Kier molecular flexibility index (Phi) is 4.06. The molecule has 98 valence electrons. The largest absolute Gasteiger partial charge is 0.389 e. The van der Waals surface area contributed by atoms with Crippen molar-refractivity contribution in [3.63, 3.8) is 0 Å². The zero-order valence-corrected chi connectivity index (χ0v) is 10.4. The number of thiazole rings is 1. The first-order valence-electron chi connectivity index (χ1n) is 5.71. The van der Waals surface area contributed by atoms with E-state index in [2.05, 4.69) is 10.3 Å². The van der Waals surface area contributed by atoms with Gasteiger partial charge in [0.05, 0.1) is 10.2 Å². The number of anilines is 1. The molecule has 0 aliphatic carbocycles. The SMILES string of the molecule is FC(F)(F)CCCCNc1nc2ccccc2s1. The number of benzene rings is 1. The Morgan fingerprint density at radius 2 is 1.94 bits per heavy atom. The van der Waals surface area contributed by atoms with Crippen molar-refractivity contribution >= 4 is 26.7 Å². The van der Waals surface area contributed by atoms with Crippen LogP contribution in [0.15, 0.2) is 24.3 Å². The van der Waals surface area contributed by atoms with Crippen LogP contribution in [0.25, 0.3) is 10.2 Å². The normalized spacial score (nSPS) is 11.9. The third-order valence-electron chi connectivity index (χ3n) is 2.46. The summed E-state index contributed by atoms with van der Waals surface area (Å²) in [6.45, 7) is 0.524. The van der Waals surface area contributed by atoms with Gasteiger partial charge in [0.25, 0.3) is 0 Å². The highest BCUT2D eigenvalue weighted by atomic mass is 32.1. The minimum Gasteiger partial charge on any atom is -0.361 e. The van der Waals surface area contributed by atoms with Crippen molar-refractivity contribution in [1.29, 1.82) is 0 Å². The highest BCUT2D eigenvalue weighted by Crippen LogP contribution is 2.26. The second-order valence-electron chi connectivity index (χ2n) is 3.99. The van der Waals surface area contributed by atoms with E-state index in [1.165, 1.54) is 11.3 Å². The first kappa shape index (κ1) is 13.1. The van der Waals surface area contributed by atoms with Crippen molar-refractivity contribution in [2.45, 2.75) is 25.4 Å². The Bertz CT molecular complexity index is 474. The van der Waals surface area contributed by atoms with Crippen LogP contribution in [0.4, 0.5) is 18.3 Å². The molecule has 0 bridgehead atoms. The van der Waals surface area contributed by atoms with Gasteiger partial charge in [-0.15, -0.1) is 0 Å². The number of rotatable bonds is 5. The number of fused-ring (bicyclic) bond motifs is 1. The monoisotopic (exact) mass is 274 g/mol. The van der Waals surface area contributed by atoms with Gasteiger partial charge in [0.2, 0.25) is 0 Å². The molecule has 0 atom stereocenters. The van der Waals surface area contributed by atoms with Crippen LogP contribution in [0.5, 0.6) is 0 Å². The van der Waals surface area contributed by atoms with E-state index in [0.717, 1.165) is 15.3 Å². The Hall–Kier alpha value is -1.30. The minimum atomic E-state index is -4.05. The molecule has 6 heteroatoms. The summed E-state index contributed by atoms with van der Waals surface area (Å²) in [6.07, 6.45) is -4.11. The standard InChI is InChI=1S/C12H13F3N2S/c13-12(14,15)7-3-4-8-16-11-17-9-5-1-2-6-10(9)18-11/h1-2,5-6H,3-4,7-8H2,(H,16,17). The minimum absolute atomic E-state index is 0.154. The quantitative estimate of drug-likeness (QED) is 0.815. The van der Waals surface area contributed by atoms with E-state index >= 15 is 0 Å². The Balaban J connectivity index is 1.77. The Labute approximate surface area is 107 Å². The molecule has 2 aromatic rings. The number of hydrogen-bond donors (Lipinski definition) is 1. The van der Waals surface area contributed by atoms with Gasteiger partial charge in [-0.25, -0.2) is 4.98 Å². The first-order chi connectivity index (χ1) is 8.54. The maximum Gasteiger partial charge on any atom is 0.389 e. The molecular weight excluding hydrogens is 261 g/mol. The van der Waals surface area contributed by atoms with Gasteiger partial charge in [0.1, 0.15) is 0 Å². The van der Waals surface area contributed by atoms with Gasteiger partial charge in [0, 0.05) is 13.0 Å². The lowest BCUT2D eigenvalue weighted by atomic mass is 10.2. The van der Waals surface area contributed by atoms with Crippen molar-refractivity contribution in [3.8, 4) is 0 Å². The average Bonchev–Trinajstić information content (AvgIpc) is 2.69. The van der Waals surface area contributed by atoms with Crippen LogP contribution in [-0.2, 0) is 0 Å². The lowest BCUT2D eigenvalue weighted by Crippen LogP contribution is -2.08. The molecule has 18 heavy (non-hydrogen) atoms. The summed E-state index contributed by atoms with van der Waals surface area (Å²) in [6, 6.07) is 7.74. The number of halogens is 3. The van der Waals surface area contributed by atoms with Crippen LogP contribution in [0.1, 0.15) is 19.3 Å². The second kappa shape index (κ2) is 5.56. The molecule has 0 amide bonds. The molecule has 0 unspecified atom stereocenters. The molecule has 0 radical (unpaired) electrons. The topological polar surface area (TPSA) is 24.9 Å². The second-order valence-corrected chi connectivity index (χ2v) is 5.02. The molecule has 0 fully saturated rings. The molecule has 1 aromatic carbocycles. The van der Waals surface area contributed by atoms with Crippen LogP contribution < -0.4 is 5.32 Å². The van der Waals surface area contributed by atoms with Gasteiger partial charge in [-0.1, -0.05) is 23.5 Å². The molecule has 0 aliphatic heterocycles. The van der Waals surface area contributed by atoms with Gasteiger partial charge >= 0.3 is 6.18 Å². The van der Waals surface area contributed by atoms with E-state index in [1.54, 1.807) is 0 Å². The fraction of sp³-hybridized carbons (Fsp3) is 0.417. The van der Waals surface area contributed by atoms with Crippen LogP contribution in [0, 0.1) is 0 Å². The summed E-state index contributed by atoms with van der Waals surface area (Å²) in [4.78, 5) is 4.34. The lowest BCUT2D eigenvalue weighted by molar-refractivity contribution is -0.135. The van der Waals surface area contributed by atoms with Gasteiger partial charge in [-0.05, 0) is 25.0 Å². The molecule has 0 spiro atoms. The smallest absolute Gasteiger partial charge is 0.361 e. The summed E-state index contributed by atoms with van der Waals surface area (Å²) >= 11 is 1.52. The van der Waals surface area contributed by atoms with Crippen molar-refractivity contribution in [2.24, 2.45) is 0 Å². The third kappa shape index (κ3) is 3.87. The van der Waals surface area contributed by atoms with Crippen LogP contribution in [-0.4, -0.2) is 17.7 Å². The fourth-order valence-electron chi connectivity index (χ4n) is 1.59. The number of unbranched alkanes of at least 4 members (excludes halogenated alkanes) is 1. The zero-order chi connectivity index (χ0) is 13.0. The fourth-order valence-corrected chi connectivity index (χ4v) is 2.48. The van der Waals surface area contributed by atoms with Crippen molar-refractivity contribution in [2.75, 3.05) is 11.9 Å². The lowest BCUT2D eigenvalue weighted by Gasteiger charge is -2.05. The highest BCUT2D eigenvalue weighted by molar-refractivity contribution is 7.22. The summed E-state index contributed by atoms with van der Waals surface area (Å²) in [5.41, 5.74) is 0.917. The number of aromatic nitrogens is 1. The van der Waals surface area contributed by atoms with Gasteiger partial charge in [-0.2, -0.15) is 13.2 Å². The van der Waals surface area contributed by atoms with E-state index < -0.39 is 12.6 Å². The third-order valence-corrected chi connectivity index (χ3v) is 3.45. The molecule has 2 nitrogen and oxygen atoms in total. The molecule has 0 saturated heterocycles. The molecule has 1 heterocycles. The Morgan fingerprint density at radius 3 is 2.67 bits per heavy atom. The summed E-state index contributed by atoms with van der Waals surface area (Å²) in [5, 5.41) is 3.83. The van der Waals surface area contributed by atoms with E-state index in [1.807, 2.05) is 24.3 Å². The average molecular weight is 274 g/mol. The summed E-state index contributed by atoms with van der Waals surface area (Å²) in [5.74, 6) is 0. The van der Waals surface area contributed by atoms with E-state index in [9.17, 15) is 13.2 Å². The zero-order valence-electron chi connectivity index (χ0n) is 9.63. The van der Waals surface area contributed by atoms with Gasteiger partial charge in [0.15, 0.2) is 5.13 Å². The van der Waals surface area contributed by atoms with Crippen LogP contribution >= 0.6 is 11.3 Å². The van der Waals surface area contributed by atoms with Gasteiger partial charge in [-0.3, -0.25) is 0 Å².